The number of pyridine rings is 1. The van der Waals surface area contributed by atoms with Crippen LogP contribution in [0.5, 0.6) is 0 Å². The summed E-state index contributed by atoms with van der Waals surface area (Å²) in [6.45, 7) is 3.90. The third kappa shape index (κ3) is 4.28. The number of hydrogen-bond donors (Lipinski definition) is 0. The molecule has 0 N–H and O–H groups in total. The van der Waals surface area contributed by atoms with Crippen LogP contribution in [0, 0.1) is 6.92 Å². The lowest BCUT2D eigenvalue weighted by Crippen LogP contribution is -2.37. The first-order valence-electron chi connectivity index (χ1n) is 8.62. The van der Waals surface area contributed by atoms with Crippen molar-refractivity contribution in [2.24, 2.45) is 0 Å². The average Bonchev–Trinajstić information content (AvgIpc) is 2.96. The Kier molecular flexibility index (Phi) is 5.76. The van der Waals surface area contributed by atoms with Crippen LogP contribution in [0.2, 0.25) is 5.02 Å². The molecule has 0 atom stereocenters. The predicted molar refractivity (Wildman–Crippen MR) is 103 cm³/mol. The van der Waals surface area contributed by atoms with E-state index in [0.717, 1.165) is 5.56 Å². The van der Waals surface area contributed by atoms with Crippen LogP contribution in [0.25, 0.3) is 5.65 Å². The van der Waals surface area contributed by atoms with E-state index in [1.165, 1.54) is 4.90 Å². The topological polar surface area (TPSA) is 63.9 Å². The van der Waals surface area contributed by atoms with E-state index in [4.69, 9.17) is 16.3 Å². The van der Waals surface area contributed by atoms with Crippen molar-refractivity contribution in [1.29, 1.82) is 0 Å². The van der Waals surface area contributed by atoms with Gasteiger partial charge in [-0.1, -0.05) is 41.9 Å². The largest absolute Gasteiger partial charge is 0.465 e. The van der Waals surface area contributed by atoms with E-state index >= 15 is 0 Å². The fourth-order valence-corrected chi connectivity index (χ4v) is 3.07. The molecule has 3 aromatic rings. The number of carbonyl (C=O) groups is 2. The molecule has 0 saturated carbocycles. The van der Waals surface area contributed by atoms with Crippen molar-refractivity contribution in [2.75, 3.05) is 13.2 Å². The molecule has 1 amide bonds. The Labute approximate surface area is 162 Å². The number of rotatable bonds is 6. The van der Waals surface area contributed by atoms with Gasteiger partial charge in [-0.25, -0.2) is 4.98 Å². The highest BCUT2D eigenvalue weighted by atomic mass is 35.5. The number of imidazole rings is 1. The Morgan fingerprint density at radius 1 is 1.19 bits per heavy atom. The molecule has 0 bridgehead atoms. The molecule has 0 unspecified atom stereocenters. The predicted octanol–water partition coefficient (Wildman–Crippen LogP) is 3.50. The Balaban J connectivity index is 1.98. The molecule has 2 heterocycles. The van der Waals surface area contributed by atoms with Crippen molar-refractivity contribution < 1.29 is 14.3 Å². The molecule has 0 aliphatic heterocycles. The van der Waals surface area contributed by atoms with E-state index in [1.807, 2.05) is 30.3 Å². The minimum Gasteiger partial charge on any atom is -0.465 e. The lowest BCUT2D eigenvalue weighted by molar-refractivity contribution is -0.143. The van der Waals surface area contributed by atoms with Gasteiger partial charge in [0.05, 0.1) is 17.3 Å². The SMILES string of the molecule is CCOC(=O)CN(Cc1ccccc1)C(=O)c1c(C)nc2ccc(Cl)cn12. The summed E-state index contributed by atoms with van der Waals surface area (Å²) in [4.78, 5) is 31.3. The van der Waals surface area contributed by atoms with Crippen LogP contribution in [-0.2, 0) is 16.1 Å². The molecule has 3 rings (SSSR count). The number of nitrogens with zero attached hydrogens (tertiary/aromatic N) is 3. The van der Waals surface area contributed by atoms with Crippen molar-refractivity contribution in [1.82, 2.24) is 14.3 Å². The summed E-state index contributed by atoms with van der Waals surface area (Å²) in [5.74, 6) is -0.759. The van der Waals surface area contributed by atoms with Gasteiger partial charge in [0, 0.05) is 12.7 Å². The van der Waals surface area contributed by atoms with Gasteiger partial charge in [0.2, 0.25) is 0 Å². The van der Waals surface area contributed by atoms with Gasteiger partial charge < -0.3 is 9.64 Å². The maximum atomic E-state index is 13.3. The average molecular weight is 386 g/mol. The number of amides is 1. The second-order valence-corrected chi connectivity index (χ2v) is 6.51. The zero-order valence-electron chi connectivity index (χ0n) is 15.2. The lowest BCUT2D eigenvalue weighted by Gasteiger charge is -2.22. The summed E-state index contributed by atoms with van der Waals surface area (Å²) in [6, 6.07) is 13.0. The minimum atomic E-state index is -0.453. The molecule has 0 aliphatic rings. The van der Waals surface area contributed by atoms with Gasteiger partial charge in [0.1, 0.15) is 17.9 Å². The molecule has 1 aromatic carbocycles. The Bertz CT molecular complexity index is 969. The van der Waals surface area contributed by atoms with E-state index in [2.05, 4.69) is 4.98 Å². The Morgan fingerprint density at radius 3 is 2.63 bits per heavy atom. The highest BCUT2D eigenvalue weighted by Crippen LogP contribution is 2.19. The summed E-state index contributed by atoms with van der Waals surface area (Å²) < 4.78 is 6.69. The number of halogens is 1. The van der Waals surface area contributed by atoms with Gasteiger partial charge >= 0.3 is 5.97 Å². The molecule has 140 valence electrons. The van der Waals surface area contributed by atoms with Crippen LogP contribution in [0.15, 0.2) is 48.7 Å². The highest BCUT2D eigenvalue weighted by Gasteiger charge is 2.25. The summed E-state index contributed by atoms with van der Waals surface area (Å²) in [6.07, 6.45) is 1.65. The number of aromatic nitrogens is 2. The summed E-state index contributed by atoms with van der Waals surface area (Å²) >= 11 is 6.09. The second kappa shape index (κ2) is 8.22. The summed E-state index contributed by atoms with van der Waals surface area (Å²) in [5.41, 5.74) is 2.49. The third-order valence-corrected chi connectivity index (χ3v) is 4.31. The molecule has 0 saturated heterocycles. The van der Waals surface area contributed by atoms with Crippen molar-refractivity contribution >= 4 is 29.1 Å². The number of esters is 1. The number of benzene rings is 1. The first-order chi connectivity index (χ1) is 13.0. The monoisotopic (exact) mass is 385 g/mol. The van der Waals surface area contributed by atoms with Crippen LogP contribution in [0.4, 0.5) is 0 Å². The third-order valence-electron chi connectivity index (χ3n) is 4.09. The van der Waals surface area contributed by atoms with E-state index in [0.29, 0.717) is 22.1 Å². The molecule has 0 radical (unpaired) electrons. The smallest absolute Gasteiger partial charge is 0.325 e. The Morgan fingerprint density at radius 2 is 1.93 bits per heavy atom. The lowest BCUT2D eigenvalue weighted by atomic mass is 10.2. The van der Waals surface area contributed by atoms with E-state index < -0.39 is 5.97 Å². The molecule has 2 aromatic heterocycles. The molecule has 0 fully saturated rings. The normalized spacial score (nSPS) is 10.8. The molecule has 0 aliphatic carbocycles. The number of aryl methyl sites for hydroxylation is 1. The second-order valence-electron chi connectivity index (χ2n) is 6.07. The van der Waals surface area contributed by atoms with Crippen molar-refractivity contribution in [3.63, 3.8) is 0 Å². The summed E-state index contributed by atoms with van der Waals surface area (Å²) in [5, 5.41) is 0.494. The van der Waals surface area contributed by atoms with Gasteiger partial charge in [0.15, 0.2) is 0 Å². The zero-order chi connectivity index (χ0) is 19.4. The van der Waals surface area contributed by atoms with Crippen molar-refractivity contribution in [3.05, 3.63) is 70.6 Å². The quantitative estimate of drug-likeness (QED) is 0.609. The highest BCUT2D eigenvalue weighted by molar-refractivity contribution is 6.30. The van der Waals surface area contributed by atoms with Gasteiger partial charge in [0.25, 0.3) is 5.91 Å². The first kappa shape index (κ1) is 18.9. The minimum absolute atomic E-state index is 0.144. The molecule has 7 heteroatoms. The fourth-order valence-electron chi connectivity index (χ4n) is 2.91. The Hall–Kier alpha value is -2.86. The van der Waals surface area contributed by atoms with Gasteiger partial charge in [-0.2, -0.15) is 0 Å². The fraction of sp³-hybridized carbons (Fsp3) is 0.250. The van der Waals surface area contributed by atoms with Gasteiger partial charge in [-0.05, 0) is 31.5 Å². The van der Waals surface area contributed by atoms with Crippen molar-refractivity contribution in [3.8, 4) is 0 Å². The molecular weight excluding hydrogens is 366 g/mol. The number of ether oxygens (including phenoxy) is 1. The van der Waals surface area contributed by atoms with Crippen LogP contribution >= 0.6 is 11.6 Å². The van der Waals surface area contributed by atoms with E-state index in [9.17, 15) is 9.59 Å². The van der Waals surface area contributed by atoms with E-state index in [1.54, 1.807) is 36.6 Å². The first-order valence-corrected chi connectivity index (χ1v) is 9.00. The maximum absolute atomic E-state index is 13.3. The maximum Gasteiger partial charge on any atom is 0.325 e. The van der Waals surface area contributed by atoms with Crippen molar-refractivity contribution in [2.45, 2.75) is 20.4 Å². The zero-order valence-corrected chi connectivity index (χ0v) is 15.9. The standard InChI is InChI=1S/C20H20ClN3O3/c1-3-27-18(25)13-23(11-15-7-5-4-6-8-15)20(26)19-14(2)22-17-10-9-16(21)12-24(17)19/h4-10,12H,3,11,13H2,1-2H3. The van der Waals surface area contributed by atoms with Crippen LogP contribution in [-0.4, -0.2) is 39.3 Å². The van der Waals surface area contributed by atoms with Crippen LogP contribution in [0.1, 0.15) is 28.7 Å². The van der Waals surface area contributed by atoms with Gasteiger partial charge in [-0.3, -0.25) is 14.0 Å². The molecular formula is C20H20ClN3O3. The van der Waals surface area contributed by atoms with Crippen LogP contribution < -0.4 is 0 Å². The molecule has 0 spiro atoms. The summed E-state index contributed by atoms with van der Waals surface area (Å²) in [7, 11) is 0. The molecule has 27 heavy (non-hydrogen) atoms. The van der Waals surface area contributed by atoms with Crippen LogP contribution in [0.3, 0.4) is 0 Å². The van der Waals surface area contributed by atoms with Gasteiger partial charge in [-0.15, -0.1) is 0 Å². The van der Waals surface area contributed by atoms with E-state index in [-0.39, 0.29) is 25.6 Å². The molecule has 6 nitrogen and oxygen atoms in total. The number of fused-ring (bicyclic) bond motifs is 1. The number of hydrogen-bond acceptors (Lipinski definition) is 4. The number of carbonyl (C=O) groups excluding carboxylic acids is 2.